The Kier molecular flexibility index (Phi) is 7.33. The number of methoxy groups -OCH3 is 1. The average molecular weight is 494 g/mol. The van der Waals surface area contributed by atoms with Crippen molar-refractivity contribution >= 4 is 39.8 Å². The highest BCUT2D eigenvalue weighted by Gasteiger charge is 2.19. The van der Waals surface area contributed by atoms with Gasteiger partial charge in [-0.15, -0.1) is 21.5 Å². The Hall–Kier alpha value is -3.17. The normalized spacial score (nSPS) is 11.0. The summed E-state index contributed by atoms with van der Waals surface area (Å²) >= 11 is 3.05. The van der Waals surface area contributed by atoms with Gasteiger partial charge in [0.2, 0.25) is 5.91 Å². The maximum atomic E-state index is 12.4. The molecule has 7 nitrogen and oxygen atoms in total. The zero-order valence-corrected chi connectivity index (χ0v) is 21.5. The lowest BCUT2D eigenvalue weighted by atomic mass is 10.1. The Bertz CT molecular complexity index is 1300. The Morgan fingerprint density at radius 1 is 1.12 bits per heavy atom. The molecule has 0 aliphatic heterocycles. The van der Waals surface area contributed by atoms with Gasteiger partial charge < -0.3 is 9.30 Å². The fourth-order valence-corrected chi connectivity index (χ4v) is 5.42. The molecule has 9 heteroatoms. The number of rotatable bonds is 8. The molecule has 34 heavy (non-hydrogen) atoms. The van der Waals surface area contributed by atoms with Crippen molar-refractivity contribution in [3.63, 3.8) is 0 Å². The van der Waals surface area contributed by atoms with E-state index in [4.69, 9.17) is 9.72 Å². The van der Waals surface area contributed by atoms with E-state index < -0.39 is 0 Å². The van der Waals surface area contributed by atoms with Crippen molar-refractivity contribution < 1.29 is 9.53 Å². The van der Waals surface area contributed by atoms with Crippen LogP contribution in [0.5, 0.6) is 5.75 Å². The van der Waals surface area contributed by atoms with Crippen molar-refractivity contribution in [3.8, 4) is 17.1 Å². The standard InChI is InChI=1S/C25H27N5O2S2/c1-6-29-23(19-8-11-22(32-5)12-9-19)27-28-25(29)34-15-20-14-33-24(26-20)30(18(4)31)21-10-7-16(2)17(3)13-21/h7-14H,6,15H2,1-5H3. The second kappa shape index (κ2) is 10.4. The molecular weight excluding hydrogens is 466 g/mol. The summed E-state index contributed by atoms with van der Waals surface area (Å²) in [5, 5.41) is 12.3. The molecule has 1 amide bonds. The monoisotopic (exact) mass is 493 g/mol. The maximum Gasteiger partial charge on any atom is 0.230 e. The number of amides is 1. The number of aromatic nitrogens is 4. The number of carbonyl (C=O) groups is 1. The number of ether oxygens (including phenoxy) is 1. The summed E-state index contributed by atoms with van der Waals surface area (Å²) in [5.41, 5.74) is 5.05. The summed E-state index contributed by atoms with van der Waals surface area (Å²) in [4.78, 5) is 18.9. The minimum Gasteiger partial charge on any atom is -0.497 e. The molecule has 2 aromatic heterocycles. The number of thiazole rings is 1. The lowest BCUT2D eigenvalue weighted by Crippen LogP contribution is -2.22. The summed E-state index contributed by atoms with van der Waals surface area (Å²) < 4.78 is 7.34. The van der Waals surface area contributed by atoms with Crippen LogP contribution in [-0.4, -0.2) is 32.8 Å². The minimum absolute atomic E-state index is 0.0633. The molecule has 0 saturated carbocycles. The van der Waals surface area contributed by atoms with Crippen LogP contribution in [0, 0.1) is 13.8 Å². The van der Waals surface area contributed by atoms with Crippen LogP contribution in [-0.2, 0) is 17.1 Å². The van der Waals surface area contributed by atoms with Crippen LogP contribution in [0.15, 0.2) is 53.0 Å². The van der Waals surface area contributed by atoms with E-state index in [2.05, 4.69) is 28.6 Å². The van der Waals surface area contributed by atoms with Gasteiger partial charge in [-0.1, -0.05) is 17.8 Å². The van der Waals surface area contributed by atoms with Crippen molar-refractivity contribution in [2.24, 2.45) is 0 Å². The number of thioether (sulfide) groups is 1. The quantitative estimate of drug-likeness (QED) is 0.279. The van der Waals surface area contributed by atoms with Crippen molar-refractivity contribution in [3.05, 3.63) is 64.7 Å². The number of benzene rings is 2. The predicted octanol–water partition coefficient (Wildman–Crippen LogP) is 6.02. The van der Waals surface area contributed by atoms with Crippen LogP contribution in [0.1, 0.15) is 30.7 Å². The third kappa shape index (κ3) is 5.00. The molecule has 0 aliphatic carbocycles. The van der Waals surface area contributed by atoms with Gasteiger partial charge >= 0.3 is 0 Å². The van der Waals surface area contributed by atoms with Crippen LogP contribution < -0.4 is 9.64 Å². The molecule has 0 fully saturated rings. The minimum atomic E-state index is -0.0633. The highest BCUT2D eigenvalue weighted by molar-refractivity contribution is 7.98. The van der Waals surface area contributed by atoms with E-state index >= 15 is 0 Å². The molecule has 0 unspecified atom stereocenters. The topological polar surface area (TPSA) is 73.1 Å². The van der Waals surface area contributed by atoms with Crippen LogP contribution >= 0.6 is 23.1 Å². The average Bonchev–Trinajstić information content (AvgIpc) is 3.46. The zero-order valence-electron chi connectivity index (χ0n) is 19.9. The van der Waals surface area contributed by atoms with Crippen LogP contribution in [0.2, 0.25) is 0 Å². The first-order valence-electron chi connectivity index (χ1n) is 10.9. The summed E-state index contributed by atoms with van der Waals surface area (Å²) in [5.74, 6) is 2.20. The highest BCUT2D eigenvalue weighted by atomic mass is 32.2. The number of nitrogens with zero attached hydrogens (tertiary/aromatic N) is 5. The number of hydrogen-bond acceptors (Lipinski definition) is 7. The second-order valence-corrected chi connectivity index (χ2v) is 9.59. The highest BCUT2D eigenvalue weighted by Crippen LogP contribution is 2.33. The van der Waals surface area contributed by atoms with Gasteiger partial charge in [0.25, 0.3) is 0 Å². The maximum absolute atomic E-state index is 12.4. The number of anilines is 2. The van der Waals surface area contributed by atoms with Crippen LogP contribution in [0.4, 0.5) is 10.8 Å². The van der Waals surface area contributed by atoms with Crippen LogP contribution in [0.25, 0.3) is 11.4 Å². The SMILES string of the molecule is CCn1c(SCc2csc(N(C(C)=O)c3ccc(C)c(C)c3)n2)nnc1-c1ccc(OC)cc1. The molecule has 0 atom stereocenters. The smallest absolute Gasteiger partial charge is 0.230 e. The van der Waals surface area contributed by atoms with E-state index in [-0.39, 0.29) is 5.91 Å². The molecule has 0 radical (unpaired) electrons. The van der Waals surface area contributed by atoms with Crippen molar-refractivity contribution in [2.75, 3.05) is 12.0 Å². The third-order valence-electron chi connectivity index (χ3n) is 5.52. The van der Waals surface area contributed by atoms with E-state index in [1.807, 2.05) is 54.8 Å². The van der Waals surface area contributed by atoms with Crippen molar-refractivity contribution in [2.45, 2.75) is 45.1 Å². The Morgan fingerprint density at radius 2 is 1.88 bits per heavy atom. The molecule has 2 aromatic carbocycles. The first-order chi connectivity index (χ1) is 16.4. The molecule has 2 heterocycles. The van der Waals surface area contributed by atoms with Crippen molar-refractivity contribution in [1.29, 1.82) is 0 Å². The lowest BCUT2D eigenvalue weighted by molar-refractivity contribution is -0.115. The predicted molar refractivity (Wildman–Crippen MR) is 138 cm³/mol. The second-order valence-electron chi connectivity index (χ2n) is 7.81. The van der Waals surface area contributed by atoms with E-state index in [0.717, 1.165) is 45.8 Å². The van der Waals surface area contributed by atoms with E-state index in [1.54, 1.807) is 30.7 Å². The first-order valence-corrected chi connectivity index (χ1v) is 12.8. The van der Waals surface area contributed by atoms with Gasteiger partial charge in [0.05, 0.1) is 18.5 Å². The largest absolute Gasteiger partial charge is 0.497 e. The molecule has 4 aromatic rings. The van der Waals surface area contributed by atoms with Crippen molar-refractivity contribution in [1.82, 2.24) is 19.7 Å². The fraction of sp³-hybridized carbons (Fsp3) is 0.280. The molecule has 0 spiro atoms. The molecular formula is C25H27N5O2S2. The number of carbonyl (C=O) groups excluding carboxylic acids is 1. The van der Waals surface area contributed by atoms with Gasteiger partial charge in [0, 0.05) is 30.2 Å². The zero-order chi connectivity index (χ0) is 24.2. The van der Waals surface area contributed by atoms with Gasteiger partial charge in [-0.2, -0.15) is 0 Å². The van der Waals surface area contributed by atoms with E-state index in [9.17, 15) is 4.79 Å². The molecule has 176 valence electrons. The third-order valence-corrected chi connectivity index (χ3v) is 7.40. The van der Waals surface area contributed by atoms with Crippen LogP contribution in [0.3, 0.4) is 0 Å². The molecule has 0 saturated heterocycles. The Labute approximate surface area is 207 Å². The van der Waals surface area contributed by atoms with Gasteiger partial charge in [-0.3, -0.25) is 9.69 Å². The van der Waals surface area contributed by atoms with Gasteiger partial charge in [0.1, 0.15) is 5.75 Å². The van der Waals surface area contributed by atoms with E-state index in [1.165, 1.54) is 16.9 Å². The Balaban J connectivity index is 1.51. The van der Waals surface area contributed by atoms with E-state index in [0.29, 0.717) is 10.9 Å². The summed E-state index contributed by atoms with van der Waals surface area (Å²) in [6, 6.07) is 13.8. The fourth-order valence-electron chi connectivity index (χ4n) is 3.53. The first kappa shape index (κ1) is 24.0. The van der Waals surface area contributed by atoms with Gasteiger partial charge in [-0.05, 0) is 68.3 Å². The molecule has 0 bridgehead atoms. The molecule has 0 aliphatic rings. The summed E-state index contributed by atoms with van der Waals surface area (Å²) in [7, 11) is 1.65. The number of aryl methyl sites for hydroxylation is 2. The Morgan fingerprint density at radius 3 is 2.53 bits per heavy atom. The molecule has 4 rings (SSSR count). The van der Waals surface area contributed by atoms with Gasteiger partial charge in [0.15, 0.2) is 16.1 Å². The molecule has 0 N–H and O–H groups in total. The van der Waals surface area contributed by atoms with Gasteiger partial charge in [-0.25, -0.2) is 4.98 Å². The summed E-state index contributed by atoms with van der Waals surface area (Å²) in [6.07, 6.45) is 0. The lowest BCUT2D eigenvalue weighted by Gasteiger charge is -2.19. The summed E-state index contributed by atoms with van der Waals surface area (Å²) in [6.45, 7) is 8.51. The number of hydrogen-bond donors (Lipinski definition) is 0.